The number of aromatic nitrogens is 2. The number of ether oxygens (including phenoxy) is 2. The van der Waals surface area contributed by atoms with Crippen LogP contribution in [-0.4, -0.2) is 22.0 Å². The molecule has 6 heteroatoms. The number of phenolic OH excluding ortho intramolecular Hbond substituents is 1. The zero-order valence-corrected chi connectivity index (χ0v) is 14.2. The molecule has 25 heavy (non-hydrogen) atoms. The monoisotopic (exact) mass is 338 g/mol. The van der Waals surface area contributed by atoms with E-state index in [-0.39, 0.29) is 18.0 Å². The van der Waals surface area contributed by atoms with Crippen molar-refractivity contribution in [1.29, 1.82) is 0 Å². The first kappa shape index (κ1) is 15.5. The van der Waals surface area contributed by atoms with E-state index in [0.29, 0.717) is 23.2 Å². The lowest BCUT2D eigenvalue weighted by Gasteiger charge is -2.20. The van der Waals surface area contributed by atoms with Crippen LogP contribution in [0, 0.1) is 0 Å². The molecule has 0 spiro atoms. The van der Waals surface area contributed by atoms with Crippen LogP contribution in [0.15, 0.2) is 40.9 Å². The molecule has 2 heterocycles. The van der Waals surface area contributed by atoms with Gasteiger partial charge in [0.05, 0.1) is 0 Å². The first-order valence-corrected chi connectivity index (χ1v) is 7.99. The highest BCUT2D eigenvalue weighted by Crippen LogP contribution is 2.37. The van der Waals surface area contributed by atoms with Crippen LogP contribution in [0.1, 0.15) is 26.3 Å². The minimum atomic E-state index is -0.194. The highest BCUT2D eigenvalue weighted by molar-refractivity contribution is 5.64. The molecular formula is C19H18N2O4. The van der Waals surface area contributed by atoms with Gasteiger partial charge in [0.2, 0.25) is 12.6 Å². The van der Waals surface area contributed by atoms with Crippen molar-refractivity contribution < 1.29 is 19.1 Å². The summed E-state index contributed by atoms with van der Waals surface area (Å²) in [4.78, 5) is 4.47. The first-order valence-electron chi connectivity index (χ1n) is 7.99. The summed E-state index contributed by atoms with van der Waals surface area (Å²) in [6.07, 6.45) is 0. The van der Waals surface area contributed by atoms with E-state index < -0.39 is 0 Å². The third-order valence-electron chi connectivity index (χ3n) is 4.11. The number of rotatable bonds is 2. The smallest absolute Gasteiger partial charge is 0.258 e. The molecule has 0 bridgehead atoms. The Bertz CT molecular complexity index is 941. The molecule has 2 aromatic carbocycles. The van der Waals surface area contributed by atoms with E-state index in [1.54, 1.807) is 12.1 Å². The molecule has 1 aromatic heterocycles. The summed E-state index contributed by atoms with van der Waals surface area (Å²) in [6, 6.07) is 10.8. The number of fused-ring (bicyclic) bond motifs is 1. The van der Waals surface area contributed by atoms with Gasteiger partial charge < -0.3 is 19.1 Å². The standard InChI is InChI=1S/C19H18N2O4/c1-19(2,3)13-8-12(4-6-14(13)22)18-20-17(21-25-18)11-5-7-15-16(9-11)24-10-23-15/h4-9,22H,10H2,1-3H3. The van der Waals surface area contributed by atoms with Crippen LogP contribution in [0.5, 0.6) is 17.2 Å². The summed E-state index contributed by atoms with van der Waals surface area (Å²) in [5.74, 6) is 2.51. The van der Waals surface area contributed by atoms with Crippen molar-refractivity contribution in [3.05, 3.63) is 42.0 Å². The maximum absolute atomic E-state index is 10.1. The maximum Gasteiger partial charge on any atom is 0.258 e. The number of hydrogen-bond acceptors (Lipinski definition) is 6. The van der Waals surface area contributed by atoms with Crippen LogP contribution in [0.25, 0.3) is 22.8 Å². The average Bonchev–Trinajstić information content (AvgIpc) is 3.22. The maximum atomic E-state index is 10.1. The lowest BCUT2D eigenvalue weighted by atomic mass is 9.85. The van der Waals surface area contributed by atoms with Crippen LogP contribution in [0.3, 0.4) is 0 Å². The molecule has 0 unspecified atom stereocenters. The highest BCUT2D eigenvalue weighted by atomic mass is 16.7. The zero-order valence-electron chi connectivity index (χ0n) is 14.2. The Morgan fingerprint density at radius 3 is 2.52 bits per heavy atom. The lowest BCUT2D eigenvalue weighted by molar-refractivity contribution is 0.174. The van der Waals surface area contributed by atoms with Gasteiger partial charge >= 0.3 is 0 Å². The summed E-state index contributed by atoms with van der Waals surface area (Å²) >= 11 is 0. The molecular weight excluding hydrogens is 320 g/mol. The SMILES string of the molecule is CC(C)(C)c1cc(-c2nc(-c3ccc4c(c3)OCO4)no2)ccc1O. The molecule has 0 saturated carbocycles. The first-order chi connectivity index (χ1) is 11.9. The van der Waals surface area contributed by atoms with Gasteiger partial charge in [0.25, 0.3) is 5.89 Å². The number of benzene rings is 2. The molecule has 6 nitrogen and oxygen atoms in total. The Balaban J connectivity index is 1.70. The molecule has 4 rings (SSSR count). The van der Waals surface area contributed by atoms with Gasteiger partial charge in [-0.15, -0.1) is 0 Å². The summed E-state index contributed by atoms with van der Waals surface area (Å²) in [5, 5.41) is 14.2. The third-order valence-corrected chi connectivity index (χ3v) is 4.11. The summed E-state index contributed by atoms with van der Waals surface area (Å²) in [7, 11) is 0. The number of hydrogen-bond donors (Lipinski definition) is 1. The fourth-order valence-corrected chi connectivity index (χ4v) is 2.76. The molecule has 0 amide bonds. The van der Waals surface area contributed by atoms with Crippen molar-refractivity contribution in [2.24, 2.45) is 0 Å². The molecule has 0 radical (unpaired) electrons. The van der Waals surface area contributed by atoms with Gasteiger partial charge in [0.1, 0.15) is 5.75 Å². The summed E-state index contributed by atoms with van der Waals surface area (Å²) in [5.41, 5.74) is 2.18. The number of aromatic hydroxyl groups is 1. The Hall–Kier alpha value is -3.02. The highest BCUT2D eigenvalue weighted by Gasteiger charge is 2.21. The predicted molar refractivity (Wildman–Crippen MR) is 91.7 cm³/mol. The molecule has 1 N–H and O–H groups in total. The zero-order chi connectivity index (χ0) is 17.6. The van der Waals surface area contributed by atoms with Crippen molar-refractivity contribution in [1.82, 2.24) is 10.1 Å². The van der Waals surface area contributed by atoms with Crippen molar-refractivity contribution in [2.75, 3.05) is 6.79 Å². The second kappa shape index (κ2) is 5.51. The topological polar surface area (TPSA) is 77.6 Å². The van der Waals surface area contributed by atoms with E-state index in [0.717, 1.165) is 16.7 Å². The van der Waals surface area contributed by atoms with Crippen LogP contribution >= 0.6 is 0 Å². The van der Waals surface area contributed by atoms with Crippen molar-refractivity contribution in [3.8, 4) is 40.1 Å². The second-order valence-corrected chi connectivity index (χ2v) is 6.97. The van der Waals surface area contributed by atoms with E-state index >= 15 is 0 Å². The van der Waals surface area contributed by atoms with Gasteiger partial charge in [-0.05, 0) is 41.8 Å². The van der Waals surface area contributed by atoms with Gasteiger partial charge in [0.15, 0.2) is 11.5 Å². The number of phenols is 1. The van der Waals surface area contributed by atoms with Gasteiger partial charge in [-0.25, -0.2) is 0 Å². The van der Waals surface area contributed by atoms with Gasteiger partial charge in [-0.1, -0.05) is 25.9 Å². The minimum absolute atomic E-state index is 0.194. The normalized spacial score (nSPS) is 13.2. The quantitative estimate of drug-likeness (QED) is 0.757. The van der Waals surface area contributed by atoms with Crippen molar-refractivity contribution in [2.45, 2.75) is 26.2 Å². The van der Waals surface area contributed by atoms with E-state index in [1.807, 2.05) is 45.0 Å². The average molecular weight is 338 g/mol. The Morgan fingerprint density at radius 1 is 0.960 bits per heavy atom. The largest absolute Gasteiger partial charge is 0.508 e. The number of nitrogens with zero attached hydrogens (tertiary/aromatic N) is 2. The molecule has 0 atom stereocenters. The van der Waals surface area contributed by atoms with E-state index in [9.17, 15) is 5.11 Å². The molecule has 0 aliphatic carbocycles. The van der Waals surface area contributed by atoms with Crippen LogP contribution in [0.4, 0.5) is 0 Å². The fourth-order valence-electron chi connectivity index (χ4n) is 2.76. The Labute approximate surface area is 145 Å². The predicted octanol–water partition coefficient (Wildman–Crippen LogP) is 4.14. The molecule has 0 fully saturated rings. The van der Waals surface area contributed by atoms with E-state index in [4.69, 9.17) is 14.0 Å². The fraction of sp³-hybridized carbons (Fsp3) is 0.263. The Kier molecular flexibility index (Phi) is 3.42. The molecule has 1 aliphatic rings. The molecule has 3 aromatic rings. The third kappa shape index (κ3) is 2.80. The van der Waals surface area contributed by atoms with Crippen molar-refractivity contribution >= 4 is 0 Å². The Morgan fingerprint density at radius 2 is 1.72 bits per heavy atom. The van der Waals surface area contributed by atoms with Crippen LogP contribution < -0.4 is 9.47 Å². The van der Waals surface area contributed by atoms with Crippen molar-refractivity contribution in [3.63, 3.8) is 0 Å². The van der Waals surface area contributed by atoms with Gasteiger partial charge in [-0.2, -0.15) is 4.98 Å². The summed E-state index contributed by atoms with van der Waals surface area (Å²) in [6.45, 7) is 6.34. The van der Waals surface area contributed by atoms with Gasteiger partial charge in [-0.3, -0.25) is 0 Å². The molecule has 0 saturated heterocycles. The van der Waals surface area contributed by atoms with E-state index in [1.165, 1.54) is 0 Å². The molecule has 1 aliphatic heterocycles. The van der Waals surface area contributed by atoms with Crippen LogP contribution in [0.2, 0.25) is 0 Å². The van der Waals surface area contributed by atoms with Crippen LogP contribution in [-0.2, 0) is 5.41 Å². The van der Waals surface area contributed by atoms with Gasteiger partial charge in [0, 0.05) is 16.7 Å². The minimum Gasteiger partial charge on any atom is -0.508 e. The lowest BCUT2D eigenvalue weighted by Crippen LogP contribution is -2.11. The summed E-state index contributed by atoms with van der Waals surface area (Å²) < 4.78 is 16.1. The van der Waals surface area contributed by atoms with E-state index in [2.05, 4.69) is 10.1 Å². The molecule has 128 valence electrons. The second-order valence-electron chi connectivity index (χ2n) is 6.97.